The number of piperidine rings is 1. The third kappa shape index (κ3) is 2.64. The smallest absolute Gasteiger partial charge is 0.308 e. The van der Waals surface area contributed by atoms with Gasteiger partial charge in [0.05, 0.1) is 17.2 Å². The van der Waals surface area contributed by atoms with Crippen molar-refractivity contribution in [1.82, 2.24) is 9.80 Å². The Morgan fingerprint density at radius 1 is 1.11 bits per heavy atom. The molecule has 3 aliphatic heterocycles. The van der Waals surface area contributed by atoms with Crippen LogP contribution in [0.3, 0.4) is 0 Å². The molecule has 5 aliphatic rings. The van der Waals surface area contributed by atoms with E-state index in [-0.39, 0.29) is 23.1 Å². The highest BCUT2D eigenvalue weighted by molar-refractivity contribution is 6.21. The fourth-order valence-corrected chi connectivity index (χ4v) is 7.62. The molecule has 1 saturated heterocycles. The summed E-state index contributed by atoms with van der Waals surface area (Å²) < 4.78 is 12.3. The zero-order valence-electron chi connectivity index (χ0n) is 20.4. The predicted octanol–water partition coefficient (Wildman–Crippen LogP) is 3.50. The molecule has 0 aromatic heterocycles. The maximum absolute atomic E-state index is 13.5. The van der Waals surface area contributed by atoms with Gasteiger partial charge in [-0.15, -0.1) is 0 Å². The molecule has 7 heteroatoms. The van der Waals surface area contributed by atoms with Crippen LogP contribution in [0.15, 0.2) is 48.6 Å². The maximum Gasteiger partial charge on any atom is 0.308 e. The SMILES string of the molecule is CCCN1CC[C@]23c4c5ccc(OC(C)=O)c4O[C@H]2[C@H](N2C(=O)c4ccccc4C2=O)C=C[C@H]3[C@H]1C5. The standard InChI is InChI=1S/C29H28N2O5/c1-3-13-30-14-12-29-20-9-10-21(31-27(33)18-6-4-5-7-19(18)28(31)34)26(29)36-25-23(35-16(2)32)11-8-17(24(25)29)15-22(20)30/h4-11,20-22,26H,3,12-15H2,1-2H3/t20-,21+,22+,26-,29-/m0/s1. The van der Waals surface area contributed by atoms with Crippen molar-refractivity contribution < 1.29 is 23.9 Å². The summed E-state index contributed by atoms with van der Waals surface area (Å²) in [5.41, 5.74) is 2.80. The van der Waals surface area contributed by atoms with Crippen molar-refractivity contribution in [3.63, 3.8) is 0 Å². The summed E-state index contributed by atoms with van der Waals surface area (Å²) in [5.74, 6) is 0.243. The minimum Gasteiger partial charge on any atom is -0.483 e. The first kappa shape index (κ1) is 21.8. The first-order valence-corrected chi connectivity index (χ1v) is 12.9. The second-order valence-electron chi connectivity index (χ2n) is 10.6. The number of carbonyl (C=O) groups excluding carboxylic acids is 3. The number of hydrogen-bond acceptors (Lipinski definition) is 6. The van der Waals surface area contributed by atoms with Gasteiger partial charge in [0.2, 0.25) is 0 Å². The fourth-order valence-electron chi connectivity index (χ4n) is 7.62. The van der Waals surface area contributed by atoms with Crippen LogP contribution in [0, 0.1) is 5.92 Å². The Kier molecular flexibility index (Phi) is 4.56. The highest BCUT2D eigenvalue weighted by Gasteiger charge is 2.66. The molecule has 0 saturated carbocycles. The first-order valence-electron chi connectivity index (χ1n) is 12.9. The minimum absolute atomic E-state index is 0.190. The molecule has 0 N–H and O–H groups in total. The lowest BCUT2D eigenvalue weighted by atomic mass is 9.53. The van der Waals surface area contributed by atoms with Crippen LogP contribution in [0.4, 0.5) is 0 Å². The molecule has 1 fully saturated rings. The van der Waals surface area contributed by atoms with Gasteiger partial charge >= 0.3 is 5.97 Å². The molecule has 184 valence electrons. The quantitative estimate of drug-likeness (QED) is 0.286. The average molecular weight is 485 g/mol. The van der Waals surface area contributed by atoms with Crippen LogP contribution in [0.5, 0.6) is 11.5 Å². The zero-order chi connectivity index (χ0) is 24.8. The number of esters is 1. The zero-order valence-corrected chi connectivity index (χ0v) is 20.4. The van der Waals surface area contributed by atoms with Crippen LogP contribution in [0.1, 0.15) is 58.5 Å². The van der Waals surface area contributed by atoms with Crippen molar-refractivity contribution in [2.24, 2.45) is 5.92 Å². The summed E-state index contributed by atoms with van der Waals surface area (Å²) in [4.78, 5) is 42.9. The van der Waals surface area contributed by atoms with E-state index in [2.05, 4.69) is 24.0 Å². The summed E-state index contributed by atoms with van der Waals surface area (Å²) in [6.07, 6.45) is 6.64. The van der Waals surface area contributed by atoms with Gasteiger partial charge in [0.1, 0.15) is 6.10 Å². The number of rotatable bonds is 4. The van der Waals surface area contributed by atoms with E-state index in [0.717, 1.165) is 37.9 Å². The number of nitrogens with zero attached hydrogens (tertiary/aromatic N) is 2. The Bertz CT molecular complexity index is 1330. The number of amides is 2. The number of benzene rings is 2. The summed E-state index contributed by atoms with van der Waals surface area (Å²) in [7, 11) is 0. The lowest BCUT2D eigenvalue weighted by molar-refractivity contribution is -0.132. The van der Waals surface area contributed by atoms with Gasteiger partial charge in [-0.3, -0.25) is 24.2 Å². The van der Waals surface area contributed by atoms with E-state index in [1.165, 1.54) is 17.4 Å². The summed E-state index contributed by atoms with van der Waals surface area (Å²) in [6, 6.07) is 10.7. The Labute approximate surface area is 209 Å². The molecular formula is C29H28N2O5. The van der Waals surface area contributed by atoms with Crippen LogP contribution in [-0.4, -0.2) is 58.9 Å². The molecule has 1 spiro atoms. The second-order valence-corrected chi connectivity index (χ2v) is 10.6. The van der Waals surface area contributed by atoms with Crippen LogP contribution >= 0.6 is 0 Å². The molecule has 5 atom stereocenters. The predicted molar refractivity (Wildman–Crippen MR) is 131 cm³/mol. The molecule has 2 bridgehead atoms. The molecule has 7 rings (SSSR count). The molecule has 2 aliphatic carbocycles. The molecule has 2 aromatic carbocycles. The van der Waals surface area contributed by atoms with Gasteiger partial charge < -0.3 is 9.47 Å². The minimum atomic E-state index is -0.546. The summed E-state index contributed by atoms with van der Waals surface area (Å²) in [5, 5.41) is 0. The van der Waals surface area contributed by atoms with Crippen LogP contribution in [0.2, 0.25) is 0 Å². The van der Waals surface area contributed by atoms with Crippen LogP contribution in [0.25, 0.3) is 0 Å². The van der Waals surface area contributed by atoms with E-state index >= 15 is 0 Å². The lowest BCUT2D eigenvalue weighted by Gasteiger charge is -2.58. The Morgan fingerprint density at radius 2 is 1.86 bits per heavy atom. The van der Waals surface area contributed by atoms with E-state index in [1.807, 2.05) is 12.1 Å². The first-order chi connectivity index (χ1) is 17.5. The lowest BCUT2D eigenvalue weighted by Crippen LogP contribution is -2.67. The number of carbonyl (C=O) groups is 3. The molecular weight excluding hydrogens is 456 g/mol. The molecule has 36 heavy (non-hydrogen) atoms. The largest absolute Gasteiger partial charge is 0.483 e. The molecule has 2 amide bonds. The number of hydrogen-bond donors (Lipinski definition) is 0. The number of imide groups is 1. The number of likely N-dealkylation sites (tertiary alicyclic amines) is 1. The Balaban J connectivity index is 1.39. The summed E-state index contributed by atoms with van der Waals surface area (Å²) >= 11 is 0. The topological polar surface area (TPSA) is 76.2 Å². The van der Waals surface area contributed by atoms with Crippen molar-refractivity contribution >= 4 is 17.8 Å². The second kappa shape index (κ2) is 7.53. The Morgan fingerprint density at radius 3 is 2.56 bits per heavy atom. The average Bonchev–Trinajstić information content (AvgIpc) is 3.34. The third-order valence-electron chi connectivity index (χ3n) is 8.86. The van der Waals surface area contributed by atoms with Crippen molar-refractivity contribution in [3.8, 4) is 11.5 Å². The molecule has 2 aromatic rings. The molecule has 3 heterocycles. The maximum atomic E-state index is 13.5. The molecule has 0 unspecified atom stereocenters. The van der Waals surface area contributed by atoms with Crippen molar-refractivity contribution in [2.45, 2.75) is 56.7 Å². The van der Waals surface area contributed by atoms with E-state index in [1.54, 1.807) is 24.3 Å². The van der Waals surface area contributed by atoms with Gasteiger partial charge in [-0.25, -0.2) is 0 Å². The van der Waals surface area contributed by atoms with Gasteiger partial charge in [0.25, 0.3) is 11.8 Å². The number of ether oxygens (including phenoxy) is 2. The van der Waals surface area contributed by atoms with Gasteiger partial charge in [-0.2, -0.15) is 0 Å². The van der Waals surface area contributed by atoms with E-state index in [4.69, 9.17) is 9.47 Å². The van der Waals surface area contributed by atoms with E-state index < -0.39 is 18.1 Å². The molecule has 0 radical (unpaired) electrons. The Hall–Kier alpha value is -3.45. The van der Waals surface area contributed by atoms with Gasteiger partial charge in [0.15, 0.2) is 11.5 Å². The summed E-state index contributed by atoms with van der Waals surface area (Å²) in [6.45, 7) is 5.55. The van der Waals surface area contributed by atoms with E-state index in [9.17, 15) is 14.4 Å². The van der Waals surface area contributed by atoms with Crippen LogP contribution in [-0.2, 0) is 16.6 Å². The van der Waals surface area contributed by atoms with Crippen molar-refractivity contribution in [1.29, 1.82) is 0 Å². The fraction of sp³-hybridized carbons (Fsp3) is 0.414. The van der Waals surface area contributed by atoms with Crippen molar-refractivity contribution in [2.75, 3.05) is 13.1 Å². The van der Waals surface area contributed by atoms with E-state index in [0.29, 0.717) is 28.7 Å². The normalized spacial score (nSPS) is 31.2. The highest BCUT2D eigenvalue weighted by Crippen LogP contribution is 2.63. The monoisotopic (exact) mass is 484 g/mol. The molecule has 7 nitrogen and oxygen atoms in total. The number of fused-ring (bicyclic) bond motifs is 1. The third-order valence-corrected chi connectivity index (χ3v) is 8.86. The van der Waals surface area contributed by atoms with Gasteiger partial charge in [-0.05, 0) is 56.1 Å². The van der Waals surface area contributed by atoms with Crippen LogP contribution < -0.4 is 9.47 Å². The van der Waals surface area contributed by atoms with Gasteiger partial charge in [0, 0.05) is 29.9 Å². The van der Waals surface area contributed by atoms with Gasteiger partial charge in [-0.1, -0.05) is 37.3 Å². The van der Waals surface area contributed by atoms with Crippen molar-refractivity contribution in [3.05, 3.63) is 70.8 Å². The highest BCUT2D eigenvalue weighted by atomic mass is 16.6.